The maximum atomic E-state index is 12.6. The molecule has 3 amide bonds. The molecule has 0 bridgehead atoms. The molecule has 22 heavy (non-hydrogen) atoms. The summed E-state index contributed by atoms with van der Waals surface area (Å²) in [6.07, 6.45) is 3.15. The van der Waals surface area contributed by atoms with Crippen LogP contribution in [0.2, 0.25) is 0 Å². The molecule has 0 spiro atoms. The quantitative estimate of drug-likeness (QED) is 0.690. The van der Waals surface area contributed by atoms with Crippen LogP contribution in [0.5, 0.6) is 0 Å². The highest BCUT2D eigenvalue weighted by molar-refractivity contribution is 5.99. The van der Waals surface area contributed by atoms with Gasteiger partial charge in [0.15, 0.2) is 0 Å². The molecule has 0 rings (SSSR count). The molecule has 0 unspecified atom stereocenters. The van der Waals surface area contributed by atoms with Gasteiger partial charge in [0.2, 0.25) is 11.8 Å². The van der Waals surface area contributed by atoms with Crippen molar-refractivity contribution in [2.24, 2.45) is 11.7 Å². The zero-order valence-corrected chi connectivity index (χ0v) is 14.5. The Morgan fingerprint density at radius 2 is 1.73 bits per heavy atom. The lowest BCUT2D eigenvalue weighted by molar-refractivity contribution is -0.139. The second-order valence-electron chi connectivity index (χ2n) is 5.84. The summed E-state index contributed by atoms with van der Waals surface area (Å²) in [6, 6.07) is -0.683. The average Bonchev–Trinajstić information content (AvgIpc) is 2.44. The Kier molecular flexibility index (Phi) is 8.45. The molecule has 0 fully saturated rings. The zero-order valence-electron chi connectivity index (χ0n) is 14.5. The summed E-state index contributed by atoms with van der Waals surface area (Å²) in [5, 5.41) is 0. The van der Waals surface area contributed by atoms with Crippen molar-refractivity contribution in [3.05, 3.63) is 11.8 Å². The lowest BCUT2D eigenvalue weighted by atomic mass is 10.0. The van der Waals surface area contributed by atoms with Crippen LogP contribution >= 0.6 is 0 Å². The lowest BCUT2D eigenvalue weighted by Crippen LogP contribution is -2.48. The summed E-state index contributed by atoms with van der Waals surface area (Å²) in [7, 11) is 3.11. The number of rotatable bonds is 8. The Bertz CT molecular complexity index is 444. The molecule has 0 aromatic rings. The minimum absolute atomic E-state index is 0.128. The smallest absolute Gasteiger partial charge is 0.270 e. The largest absolute Gasteiger partial charge is 0.368 e. The highest BCUT2D eigenvalue weighted by Crippen LogP contribution is 2.15. The number of carbonyl (C=O) groups excluding carboxylic acids is 3. The Labute approximate surface area is 133 Å². The van der Waals surface area contributed by atoms with Crippen molar-refractivity contribution in [3.8, 4) is 0 Å². The molecule has 0 aliphatic carbocycles. The molecule has 0 heterocycles. The maximum absolute atomic E-state index is 12.6. The second-order valence-corrected chi connectivity index (χ2v) is 5.84. The fourth-order valence-corrected chi connectivity index (χ4v) is 2.21. The molecule has 0 aliphatic heterocycles. The molecule has 0 aromatic carbocycles. The normalized spacial score (nSPS) is 13.0. The van der Waals surface area contributed by atoms with Gasteiger partial charge in [-0.2, -0.15) is 0 Å². The monoisotopic (exact) mass is 311 g/mol. The van der Waals surface area contributed by atoms with Crippen LogP contribution in [0, 0.1) is 5.92 Å². The van der Waals surface area contributed by atoms with Crippen LogP contribution in [0.4, 0.5) is 0 Å². The number of hydrogen-bond acceptors (Lipinski definition) is 3. The van der Waals surface area contributed by atoms with E-state index in [1.54, 1.807) is 27.1 Å². The van der Waals surface area contributed by atoms with E-state index in [0.717, 1.165) is 0 Å². The van der Waals surface area contributed by atoms with Crippen molar-refractivity contribution in [2.75, 3.05) is 14.1 Å². The van der Waals surface area contributed by atoms with Crippen LogP contribution < -0.4 is 5.73 Å². The molecule has 0 saturated heterocycles. The topological polar surface area (TPSA) is 83.7 Å². The third-order valence-corrected chi connectivity index (χ3v) is 3.50. The van der Waals surface area contributed by atoms with Crippen molar-refractivity contribution in [2.45, 2.75) is 53.0 Å². The van der Waals surface area contributed by atoms with Crippen molar-refractivity contribution >= 4 is 17.7 Å². The summed E-state index contributed by atoms with van der Waals surface area (Å²) < 4.78 is 0. The third-order valence-electron chi connectivity index (χ3n) is 3.50. The van der Waals surface area contributed by atoms with Gasteiger partial charge in [0.05, 0.1) is 0 Å². The van der Waals surface area contributed by atoms with E-state index >= 15 is 0 Å². The predicted octanol–water partition coefficient (Wildman–Crippen LogP) is 1.51. The van der Waals surface area contributed by atoms with Gasteiger partial charge in [-0.1, -0.05) is 26.8 Å². The number of likely N-dealkylation sites (N-methyl/N-ethyl adjacent to an activating group) is 2. The van der Waals surface area contributed by atoms with Gasteiger partial charge >= 0.3 is 0 Å². The van der Waals surface area contributed by atoms with Crippen LogP contribution in [0.15, 0.2) is 11.8 Å². The van der Waals surface area contributed by atoms with Crippen LogP contribution in [0.1, 0.15) is 47.0 Å². The number of nitrogens with two attached hydrogens (primary N) is 1. The van der Waals surface area contributed by atoms with Crippen molar-refractivity contribution in [1.29, 1.82) is 0 Å². The number of primary amides is 1. The summed E-state index contributed by atoms with van der Waals surface area (Å²) in [6.45, 7) is 7.52. The zero-order chi connectivity index (χ0) is 17.4. The minimum Gasteiger partial charge on any atom is -0.368 e. The van der Waals surface area contributed by atoms with Gasteiger partial charge in [0, 0.05) is 20.5 Å². The molecule has 126 valence electrons. The predicted molar refractivity (Wildman–Crippen MR) is 86.6 cm³/mol. The molecule has 6 nitrogen and oxygen atoms in total. The standard InChI is InChI=1S/C16H29N3O3/c1-7-9-14(20)18(5)12(8-2)16(22)19(6)13(15(17)21)10-11(3)4/h8,11,13H,7,9-10H2,1-6H3,(H2,17,21)/b12-8+/t13-/m0/s1. The summed E-state index contributed by atoms with van der Waals surface area (Å²) in [5.41, 5.74) is 5.68. The SMILES string of the molecule is C/C=C(\C(=O)N(C)[C@@H](CC(C)C)C(N)=O)N(C)C(=O)CCC. The first-order valence-electron chi connectivity index (χ1n) is 7.66. The van der Waals surface area contributed by atoms with Gasteiger partial charge in [0.1, 0.15) is 11.7 Å². The number of carbonyl (C=O) groups is 3. The van der Waals surface area contributed by atoms with E-state index < -0.39 is 11.9 Å². The van der Waals surface area contributed by atoms with Crippen LogP contribution in [-0.2, 0) is 14.4 Å². The van der Waals surface area contributed by atoms with E-state index in [9.17, 15) is 14.4 Å². The van der Waals surface area contributed by atoms with Gasteiger partial charge in [-0.25, -0.2) is 0 Å². The molecule has 0 aromatic heterocycles. The Balaban J connectivity index is 5.25. The molecular weight excluding hydrogens is 282 g/mol. The van der Waals surface area contributed by atoms with E-state index in [4.69, 9.17) is 5.73 Å². The van der Waals surface area contributed by atoms with E-state index in [-0.39, 0.29) is 23.4 Å². The van der Waals surface area contributed by atoms with E-state index in [0.29, 0.717) is 19.3 Å². The number of allylic oxidation sites excluding steroid dienone is 1. The molecule has 0 saturated carbocycles. The number of nitrogens with zero attached hydrogens (tertiary/aromatic N) is 2. The summed E-state index contributed by atoms with van der Waals surface area (Å²) in [4.78, 5) is 38.9. The van der Waals surface area contributed by atoms with E-state index in [1.165, 1.54) is 9.80 Å². The van der Waals surface area contributed by atoms with E-state index in [2.05, 4.69) is 0 Å². The van der Waals surface area contributed by atoms with Crippen LogP contribution in [0.3, 0.4) is 0 Å². The first-order valence-corrected chi connectivity index (χ1v) is 7.66. The maximum Gasteiger partial charge on any atom is 0.270 e. The first-order chi connectivity index (χ1) is 10.2. The first kappa shape index (κ1) is 20.1. The highest BCUT2D eigenvalue weighted by atomic mass is 16.2. The Hall–Kier alpha value is -1.85. The summed E-state index contributed by atoms with van der Waals surface area (Å²) in [5.74, 6) is -0.820. The van der Waals surface area contributed by atoms with Gasteiger partial charge < -0.3 is 15.5 Å². The van der Waals surface area contributed by atoms with Gasteiger partial charge in [-0.3, -0.25) is 14.4 Å². The molecular formula is C16H29N3O3. The average molecular weight is 311 g/mol. The molecule has 1 atom stereocenters. The van der Waals surface area contributed by atoms with Crippen molar-refractivity contribution in [1.82, 2.24) is 9.80 Å². The number of amides is 3. The highest BCUT2D eigenvalue weighted by Gasteiger charge is 2.29. The van der Waals surface area contributed by atoms with Gasteiger partial charge in [-0.05, 0) is 25.7 Å². The molecule has 0 radical (unpaired) electrons. The third kappa shape index (κ3) is 5.50. The Morgan fingerprint density at radius 3 is 2.09 bits per heavy atom. The molecule has 6 heteroatoms. The minimum atomic E-state index is -0.683. The van der Waals surface area contributed by atoms with Gasteiger partial charge in [0.25, 0.3) is 5.91 Å². The fourth-order valence-electron chi connectivity index (χ4n) is 2.21. The Morgan fingerprint density at radius 1 is 1.18 bits per heavy atom. The van der Waals surface area contributed by atoms with Crippen molar-refractivity contribution < 1.29 is 14.4 Å². The fraction of sp³-hybridized carbons (Fsp3) is 0.688. The van der Waals surface area contributed by atoms with E-state index in [1.807, 2.05) is 20.8 Å². The summed E-state index contributed by atoms with van der Waals surface area (Å²) >= 11 is 0. The van der Waals surface area contributed by atoms with Crippen LogP contribution in [0.25, 0.3) is 0 Å². The lowest BCUT2D eigenvalue weighted by Gasteiger charge is -2.30. The second kappa shape index (κ2) is 9.23. The van der Waals surface area contributed by atoms with Gasteiger partial charge in [-0.15, -0.1) is 0 Å². The molecule has 2 N–H and O–H groups in total. The van der Waals surface area contributed by atoms with Crippen LogP contribution in [-0.4, -0.2) is 47.7 Å². The van der Waals surface area contributed by atoms with Crippen molar-refractivity contribution in [3.63, 3.8) is 0 Å². The number of hydrogen-bond donors (Lipinski definition) is 1. The molecule has 0 aliphatic rings.